The van der Waals surface area contributed by atoms with Gasteiger partial charge >= 0.3 is 11.9 Å². The van der Waals surface area contributed by atoms with Crippen molar-refractivity contribution in [3.63, 3.8) is 0 Å². The first-order valence-corrected chi connectivity index (χ1v) is 13.6. The van der Waals surface area contributed by atoms with Gasteiger partial charge in [-0.05, 0) is 32.1 Å². The second-order valence-corrected chi connectivity index (χ2v) is 8.99. The lowest BCUT2D eigenvalue weighted by molar-refractivity contribution is -0.152. The number of carbonyl (C=O) groups is 2. The molecule has 0 aromatic carbocycles. The molecule has 0 radical (unpaired) electrons. The molecule has 0 amide bonds. The van der Waals surface area contributed by atoms with Crippen LogP contribution in [0.2, 0.25) is 0 Å². The summed E-state index contributed by atoms with van der Waals surface area (Å²) in [5.74, 6) is -0.659. The van der Waals surface area contributed by atoms with Gasteiger partial charge in [0, 0.05) is 12.8 Å². The molecular formula is C29H50O6. The fraction of sp³-hybridized carbons (Fsp3) is 0.724. The first-order chi connectivity index (χ1) is 17.0. The van der Waals surface area contributed by atoms with Crippen LogP contribution in [0.3, 0.4) is 0 Å². The Morgan fingerprint density at radius 3 is 1.89 bits per heavy atom. The normalized spacial score (nSPS) is 13.6. The van der Waals surface area contributed by atoms with Crippen LogP contribution in [-0.2, 0) is 19.1 Å². The summed E-state index contributed by atoms with van der Waals surface area (Å²) >= 11 is 0. The van der Waals surface area contributed by atoms with E-state index >= 15 is 0 Å². The predicted octanol–water partition coefficient (Wildman–Crippen LogP) is 6.35. The van der Waals surface area contributed by atoms with Gasteiger partial charge in [0.05, 0.1) is 6.10 Å². The molecule has 0 saturated heterocycles. The lowest BCUT2D eigenvalue weighted by Gasteiger charge is -2.12. The lowest BCUT2D eigenvalue weighted by atomic mass is 10.1. The topological polar surface area (TPSA) is 93.1 Å². The molecule has 0 aromatic heterocycles. The summed E-state index contributed by atoms with van der Waals surface area (Å²) < 4.78 is 10.1. The minimum absolute atomic E-state index is 0.144. The summed E-state index contributed by atoms with van der Waals surface area (Å²) in [6.07, 6.45) is 23.9. The van der Waals surface area contributed by atoms with Crippen molar-refractivity contribution >= 4 is 11.9 Å². The van der Waals surface area contributed by atoms with Crippen LogP contribution in [0.4, 0.5) is 0 Å². The number of hydrogen-bond donors (Lipinski definition) is 2. The zero-order chi connectivity index (χ0) is 26.0. The van der Waals surface area contributed by atoms with E-state index in [1.54, 1.807) is 0 Å². The maximum atomic E-state index is 11.8. The van der Waals surface area contributed by atoms with Crippen molar-refractivity contribution in [1.29, 1.82) is 0 Å². The Morgan fingerprint density at radius 1 is 0.714 bits per heavy atom. The number of hydrogen-bond acceptors (Lipinski definition) is 6. The van der Waals surface area contributed by atoms with Gasteiger partial charge in [0.1, 0.15) is 19.3 Å². The van der Waals surface area contributed by atoms with Gasteiger partial charge in [0.25, 0.3) is 0 Å². The summed E-state index contributed by atoms with van der Waals surface area (Å²) in [6.45, 7) is 3.96. The number of rotatable bonds is 23. The van der Waals surface area contributed by atoms with Gasteiger partial charge in [-0.2, -0.15) is 0 Å². The molecule has 0 aliphatic carbocycles. The summed E-state index contributed by atoms with van der Waals surface area (Å²) in [5, 5.41) is 19.8. The van der Waals surface area contributed by atoms with E-state index in [9.17, 15) is 19.8 Å². The molecule has 0 heterocycles. The van der Waals surface area contributed by atoms with Gasteiger partial charge in [-0.15, -0.1) is 0 Å². The zero-order valence-corrected chi connectivity index (χ0v) is 22.2. The van der Waals surface area contributed by atoms with Crippen LogP contribution < -0.4 is 0 Å². The Balaban J connectivity index is 3.60. The van der Waals surface area contributed by atoms with Crippen LogP contribution in [0, 0.1) is 0 Å². The maximum Gasteiger partial charge on any atom is 0.305 e. The number of aliphatic hydroxyl groups excluding tert-OH is 2. The van der Waals surface area contributed by atoms with Gasteiger partial charge in [-0.1, -0.05) is 102 Å². The third-order valence-electron chi connectivity index (χ3n) is 5.49. The molecule has 0 bridgehead atoms. The molecule has 2 N–H and O–H groups in total. The Morgan fingerprint density at radius 2 is 1.29 bits per heavy atom. The number of ether oxygens (including phenoxy) is 2. The number of aliphatic hydroxyl groups is 2. The zero-order valence-electron chi connectivity index (χ0n) is 22.2. The monoisotopic (exact) mass is 494 g/mol. The first-order valence-electron chi connectivity index (χ1n) is 13.6. The van der Waals surface area contributed by atoms with Crippen LogP contribution in [0.5, 0.6) is 0 Å². The fourth-order valence-electron chi connectivity index (χ4n) is 3.38. The van der Waals surface area contributed by atoms with E-state index in [4.69, 9.17) is 9.47 Å². The Hall–Kier alpha value is -1.92. The summed E-state index contributed by atoms with van der Waals surface area (Å²) in [4.78, 5) is 23.4. The number of unbranched alkanes of at least 4 members (excludes halogenated alkanes) is 8. The maximum absolute atomic E-state index is 11.8. The molecule has 1 unspecified atom stereocenters. The van der Waals surface area contributed by atoms with Crippen molar-refractivity contribution in [1.82, 2.24) is 0 Å². The molecule has 0 spiro atoms. The van der Waals surface area contributed by atoms with Crippen molar-refractivity contribution in [3.8, 4) is 0 Å². The second-order valence-electron chi connectivity index (χ2n) is 8.99. The third kappa shape index (κ3) is 25.0. The largest absolute Gasteiger partial charge is 0.463 e. The molecule has 0 aromatic rings. The number of allylic oxidation sites excluding steroid dienone is 5. The standard InChI is InChI=1S/C29H50O6/c1-3-5-7-9-10-13-16-20-26(30)21-17-14-11-15-19-23-29(33)35-25-27(31)24-34-28(32)22-18-12-8-6-4-2/h5,7,10,13,16,20,26-27,30-31H,3-4,6,8-9,11-12,14-15,17-19,21-25H2,1-2H3/b7-5+,13-10+,20-16+/t26?,27-/m0/s1. The van der Waals surface area contributed by atoms with Crippen molar-refractivity contribution < 1.29 is 29.3 Å². The quantitative estimate of drug-likeness (QED) is 0.0743. The van der Waals surface area contributed by atoms with Gasteiger partial charge in [0.2, 0.25) is 0 Å². The molecule has 35 heavy (non-hydrogen) atoms. The number of carbonyl (C=O) groups excluding carboxylic acids is 2. The van der Waals surface area contributed by atoms with Crippen molar-refractivity contribution in [2.75, 3.05) is 13.2 Å². The molecule has 2 atom stereocenters. The lowest BCUT2D eigenvalue weighted by Crippen LogP contribution is -2.25. The van der Waals surface area contributed by atoms with Crippen molar-refractivity contribution in [2.24, 2.45) is 0 Å². The molecule has 6 nitrogen and oxygen atoms in total. The molecule has 6 heteroatoms. The SMILES string of the molecule is CC/C=C/C/C=C/C=C/C(O)CCCCCCCC(=O)OC[C@@H](O)COC(=O)CCCCCCC. The molecule has 0 saturated carbocycles. The van der Waals surface area contributed by atoms with Gasteiger partial charge in [-0.25, -0.2) is 0 Å². The highest BCUT2D eigenvalue weighted by Crippen LogP contribution is 2.10. The third-order valence-corrected chi connectivity index (χ3v) is 5.49. The van der Waals surface area contributed by atoms with Crippen molar-refractivity contribution in [2.45, 2.75) is 122 Å². The van der Waals surface area contributed by atoms with Gasteiger partial charge in [0.15, 0.2) is 0 Å². The Bertz CT molecular complexity index is 596. The molecule has 0 rings (SSSR count). The fourth-order valence-corrected chi connectivity index (χ4v) is 3.38. The van der Waals surface area contributed by atoms with Crippen molar-refractivity contribution in [3.05, 3.63) is 36.5 Å². The predicted molar refractivity (Wildman–Crippen MR) is 142 cm³/mol. The summed E-state index contributed by atoms with van der Waals surface area (Å²) in [6, 6.07) is 0. The molecule has 0 fully saturated rings. The molecular weight excluding hydrogens is 444 g/mol. The molecule has 0 aliphatic rings. The van der Waals surface area contributed by atoms with Gasteiger partial charge < -0.3 is 19.7 Å². The second kappa shape index (κ2) is 25.2. The van der Waals surface area contributed by atoms with Crippen LogP contribution in [0.25, 0.3) is 0 Å². The van der Waals surface area contributed by atoms with Crippen LogP contribution >= 0.6 is 0 Å². The van der Waals surface area contributed by atoms with Gasteiger partial charge in [-0.3, -0.25) is 9.59 Å². The van der Waals surface area contributed by atoms with Crippen LogP contribution in [0.1, 0.15) is 110 Å². The van der Waals surface area contributed by atoms with E-state index in [0.29, 0.717) is 12.8 Å². The Labute approximate surface area is 213 Å². The van der Waals surface area contributed by atoms with E-state index in [1.807, 2.05) is 18.2 Å². The smallest absolute Gasteiger partial charge is 0.305 e. The van der Waals surface area contributed by atoms with E-state index in [-0.39, 0.29) is 25.2 Å². The minimum atomic E-state index is -0.989. The van der Waals surface area contributed by atoms with E-state index in [1.165, 1.54) is 6.42 Å². The van der Waals surface area contributed by atoms with Crippen LogP contribution in [-0.4, -0.2) is 47.6 Å². The highest BCUT2D eigenvalue weighted by Gasteiger charge is 2.12. The Kier molecular flexibility index (Phi) is 23.8. The summed E-state index contributed by atoms with van der Waals surface area (Å²) in [5.41, 5.74) is 0. The minimum Gasteiger partial charge on any atom is -0.463 e. The number of esters is 2. The van der Waals surface area contributed by atoms with E-state index in [0.717, 1.165) is 77.0 Å². The molecule has 0 aliphatic heterocycles. The first kappa shape index (κ1) is 33.1. The highest BCUT2D eigenvalue weighted by atomic mass is 16.6. The highest BCUT2D eigenvalue weighted by molar-refractivity contribution is 5.69. The summed E-state index contributed by atoms with van der Waals surface area (Å²) in [7, 11) is 0. The molecule has 202 valence electrons. The average molecular weight is 495 g/mol. The van der Waals surface area contributed by atoms with E-state index in [2.05, 4.69) is 32.1 Å². The van der Waals surface area contributed by atoms with E-state index < -0.39 is 12.2 Å². The van der Waals surface area contributed by atoms with Crippen LogP contribution in [0.15, 0.2) is 36.5 Å². The average Bonchev–Trinajstić information content (AvgIpc) is 2.84.